The number of rotatable bonds is 4. The van der Waals surface area contributed by atoms with E-state index in [1.165, 1.54) is 18.3 Å². The fourth-order valence-electron chi connectivity index (χ4n) is 1.64. The van der Waals surface area contributed by atoms with Crippen LogP contribution in [0.5, 0.6) is 0 Å². The van der Waals surface area contributed by atoms with Crippen LogP contribution in [0.3, 0.4) is 0 Å². The zero-order valence-electron chi connectivity index (χ0n) is 10.7. The molecule has 1 heterocycles. The number of pyridine rings is 1. The molecule has 0 radical (unpaired) electrons. The molecule has 0 saturated carbocycles. The SMILES string of the molecule is Cc1cnccc1NS(=O)(=O)c1cc(CO)ccc1Cl. The number of aliphatic hydroxyl groups is 1. The molecule has 5 nitrogen and oxygen atoms in total. The Balaban J connectivity index is 2.43. The average molecular weight is 313 g/mol. The largest absolute Gasteiger partial charge is 0.392 e. The highest BCUT2D eigenvalue weighted by atomic mass is 35.5. The van der Waals surface area contributed by atoms with Crippen molar-refractivity contribution in [3.05, 3.63) is 52.8 Å². The van der Waals surface area contributed by atoms with Gasteiger partial charge in [0.25, 0.3) is 10.0 Å². The van der Waals surface area contributed by atoms with Crippen LogP contribution in [-0.2, 0) is 16.6 Å². The van der Waals surface area contributed by atoms with Gasteiger partial charge in [-0.2, -0.15) is 0 Å². The fourth-order valence-corrected chi connectivity index (χ4v) is 3.32. The highest BCUT2D eigenvalue weighted by molar-refractivity contribution is 7.92. The Hall–Kier alpha value is -1.63. The third-order valence-corrected chi connectivity index (χ3v) is 4.58. The van der Waals surface area contributed by atoms with Crippen LogP contribution in [0, 0.1) is 6.92 Å². The van der Waals surface area contributed by atoms with Gasteiger partial charge in [0.05, 0.1) is 17.3 Å². The lowest BCUT2D eigenvalue weighted by molar-refractivity contribution is 0.281. The summed E-state index contributed by atoms with van der Waals surface area (Å²) in [6.07, 6.45) is 3.06. The van der Waals surface area contributed by atoms with Gasteiger partial charge in [0, 0.05) is 12.4 Å². The van der Waals surface area contributed by atoms with Crippen LogP contribution in [0.1, 0.15) is 11.1 Å². The maximum absolute atomic E-state index is 12.3. The van der Waals surface area contributed by atoms with Gasteiger partial charge in [0.1, 0.15) is 4.90 Å². The number of sulfonamides is 1. The van der Waals surface area contributed by atoms with Gasteiger partial charge in [0.2, 0.25) is 0 Å². The maximum Gasteiger partial charge on any atom is 0.263 e. The Labute approximate surface area is 122 Å². The highest BCUT2D eigenvalue weighted by Gasteiger charge is 2.19. The average Bonchev–Trinajstić information content (AvgIpc) is 2.41. The number of hydrogen-bond donors (Lipinski definition) is 2. The molecule has 0 atom stereocenters. The van der Waals surface area contributed by atoms with Crippen LogP contribution in [0.25, 0.3) is 0 Å². The minimum Gasteiger partial charge on any atom is -0.392 e. The summed E-state index contributed by atoms with van der Waals surface area (Å²) in [7, 11) is -3.82. The van der Waals surface area contributed by atoms with Crippen molar-refractivity contribution in [2.24, 2.45) is 0 Å². The summed E-state index contributed by atoms with van der Waals surface area (Å²) >= 11 is 5.93. The highest BCUT2D eigenvalue weighted by Crippen LogP contribution is 2.25. The van der Waals surface area contributed by atoms with Crippen LogP contribution in [0.4, 0.5) is 5.69 Å². The first kappa shape index (κ1) is 14.8. The van der Waals surface area contributed by atoms with E-state index in [9.17, 15) is 8.42 Å². The molecule has 0 aliphatic rings. The molecule has 0 saturated heterocycles. The van der Waals surface area contributed by atoms with Gasteiger partial charge in [-0.25, -0.2) is 8.42 Å². The fraction of sp³-hybridized carbons (Fsp3) is 0.154. The first-order valence-electron chi connectivity index (χ1n) is 5.77. The Morgan fingerprint density at radius 1 is 1.35 bits per heavy atom. The van der Waals surface area contributed by atoms with E-state index < -0.39 is 10.0 Å². The summed E-state index contributed by atoms with van der Waals surface area (Å²) in [6.45, 7) is 1.49. The van der Waals surface area contributed by atoms with Crippen molar-refractivity contribution in [2.45, 2.75) is 18.4 Å². The van der Waals surface area contributed by atoms with E-state index in [4.69, 9.17) is 16.7 Å². The van der Waals surface area contributed by atoms with Crippen LogP contribution in [-0.4, -0.2) is 18.5 Å². The Kier molecular flexibility index (Phi) is 4.27. The van der Waals surface area contributed by atoms with Crippen LogP contribution in [0.15, 0.2) is 41.6 Å². The van der Waals surface area contributed by atoms with Crippen LogP contribution >= 0.6 is 11.6 Å². The molecule has 0 bridgehead atoms. The summed E-state index contributed by atoms with van der Waals surface area (Å²) in [4.78, 5) is 3.83. The number of anilines is 1. The number of hydrogen-bond acceptors (Lipinski definition) is 4. The lowest BCUT2D eigenvalue weighted by Crippen LogP contribution is -2.14. The van der Waals surface area contributed by atoms with E-state index in [1.54, 1.807) is 25.3 Å². The minimum absolute atomic E-state index is 0.0677. The van der Waals surface area contributed by atoms with E-state index in [2.05, 4.69) is 9.71 Å². The molecule has 106 valence electrons. The van der Waals surface area contributed by atoms with Crippen molar-refractivity contribution in [3.8, 4) is 0 Å². The van der Waals surface area contributed by atoms with E-state index in [0.29, 0.717) is 16.8 Å². The first-order chi connectivity index (χ1) is 9.44. The second kappa shape index (κ2) is 5.78. The molecule has 2 aromatic rings. The summed E-state index contributed by atoms with van der Waals surface area (Å²) < 4.78 is 27.2. The molecule has 0 aliphatic heterocycles. The van der Waals surface area contributed by atoms with Crippen molar-refractivity contribution in [3.63, 3.8) is 0 Å². The molecule has 0 amide bonds. The van der Waals surface area contributed by atoms with Crippen molar-refractivity contribution in [2.75, 3.05) is 4.72 Å². The Morgan fingerprint density at radius 3 is 2.75 bits per heavy atom. The van der Waals surface area contributed by atoms with Gasteiger partial charge >= 0.3 is 0 Å². The molecule has 2 rings (SSSR count). The van der Waals surface area contributed by atoms with Crippen molar-refractivity contribution in [1.82, 2.24) is 4.98 Å². The number of halogens is 1. The number of nitrogens with zero attached hydrogens (tertiary/aromatic N) is 1. The smallest absolute Gasteiger partial charge is 0.263 e. The van der Waals surface area contributed by atoms with Crippen molar-refractivity contribution in [1.29, 1.82) is 0 Å². The zero-order chi connectivity index (χ0) is 14.8. The van der Waals surface area contributed by atoms with E-state index in [0.717, 1.165) is 0 Å². The Bertz CT molecular complexity index is 732. The molecular weight excluding hydrogens is 300 g/mol. The van der Waals surface area contributed by atoms with Gasteiger partial charge in [-0.15, -0.1) is 0 Å². The van der Waals surface area contributed by atoms with Gasteiger partial charge in [0.15, 0.2) is 0 Å². The quantitative estimate of drug-likeness (QED) is 0.908. The molecule has 1 aromatic heterocycles. The first-order valence-corrected chi connectivity index (χ1v) is 7.63. The summed E-state index contributed by atoms with van der Waals surface area (Å²) in [5.74, 6) is 0. The topological polar surface area (TPSA) is 79.3 Å². The standard InChI is InChI=1S/C13H13ClN2O3S/c1-9-7-15-5-4-12(9)16-20(18,19)13-6-10(8-17)2-3-11(13)14/h2-7,17H,8H2,1H3,(H,15,16). The zero-order valence-corrected chi connectivity index (χ0v) is 12.2. The van der Waals surface area contributed by atoms with E-state index in [-0.39, 0.29) is 16.5 Å². The summed E-state index contributed by atoms with van der Waals surface area (Å²) in [5.41, 5.74) is 1.61. The molecule has 1 aromatic carbocycles. The number of aromatic nitrogens is 1. The summed E-state index contributed by atoms with van der Waals surface area (Å²) in [5, 5.41) is 9.18. The van der Waals surface area contributed by atoms with Gasteiger partial charge < -0.3 is 5.11 Å². The number of benzene rings is 1. The monoisotopic (exact) mass is 312 g/mol. The maximum atomic E-state index is 12.3. The molecule has 2 N–H and O–H groups in total. The number of aliphatic hydroxyl groups excluding tert-OH is 1. The molecule has 7 heteroatoms. The third kappa shape index (κ3) is 3.09. The Morgan fingerprint density at radius 2 is 2.10 bits per heavy atom. The van der Waals surface area contributed by atoms with Gasteiger partial charge in [-0.3, -0.25) is 9.71 Å². The van der Waals surface area contributed by atoms with Crippen molar-refractivity contribution >= 4 is 27.3 Å². The molecule has 0 fully saturated rings. The molecule has 0 aliphatic carbocycles. The van der Waals surface area contributed by atoms with Crippen LogP contribution in [0.2, 0.25) is 5.02 Å². The normalized spacial score (nSPS) is 11.3. The minimum atomic E-state index is -3.82. The lowest BCUT2D eigenvalue weighted by Gasteiger charge is -2.12. The number of nitrogens with one attached hydrogen (secondary N) is 1. The predicted octanol–water partition coefficient (Wildman–Crippen LogP) is 2.34. The summed E-state index contributed by atoms with van der Waals surface area (Å²) in [6, 6.07) is 5.93. The second-order valence-corrected chi connectivity index (χ2v) is 6.28. The molecule has 20 heavy (non-hydrogen) atoms. The third-order valence-electron chi connectivity index (χ3n) is 2.73. The van der Waals surface area contributed by atoms with E-state index in [1.807, 2.05) is 0 Å². The van der Waals surface area contributed by atoms with Gasteiger partial charge in [-0.05, 0) is 36.2 Å². The van der Waals surface area contributed by atoms with Crippen molar-refractivity contribution < 1.29 is 13.5 Å². The predicted molar refractivity (Wildman–Crippen MR) is 77.2 cm³/mol. The second-order valence-electron chi connectivity index (χ2n) is 4.22. The molecular formula is C13H13ClN2O3S. The van der Waals surface area contributed by atoms with Gasteiger partial charge in [-0.1, -0.05) is 17.7 Å². The van der Waals surface area contributed by atoms with Crippen LogP contribution < -0.4 is 4.72 Å². The van der Waals surface area contributed by atoms with E-state index >= 15 is 0 Å². The number of aryl methyl sites for hydroxylation is 1. The lowest BCUT2D eigenvalue weighted by atomic mass is 10.2. The molecule has 0 spiro atoms. The molecule has 0 unspecified atom stereocenters.